The largest absolute Gasteiger partial charge is 0.573 e. The molecule has 1 aromatic carbocycles. The number of nitrogens with zero attached hydrogens (tertiary/aromatic N) is 1. The average molecular weight is 384 g/mol. The molecule has 1 fully saturated rings. The smallest absolute Gasteiger partial charge is 0.504 e. The van der Waals surface area contributed by atoms with Crippen LogP contribution in [0.2, 0.25) is 0 Å². The topological polar surface area (TPSA) is 41.9 Å². The Bertz CT molecular complexity index is 505. The van der Waals surface area contributed by atoms with E-state index in [1.807, 2.05) is 0 Å². The Balaban J connectivity index is 1.97. The maximum atomic E-state index is 12.3. The maximum Gasteiger partial charge on any atom is 0.573 e. The third-order valence-corrected chi connectivity index (χ3v) is 3.83. The fourth-order valence-electron chi connectivity index (χ4n) is 2.34. The predicted molar refractivity (Wildman–Crippen MR) is 78.1 cm³/mol. The Morgan fingerprint density at radius 1 is 1.27 bits per heavy atom. The van der Waals surface area contributed by atoms with E-state index >= 15 is 0 Å². The molecule has 0 bridgehead atoms. The Morgan fingerprint density at radius 3 is 2.59 bits per heavy atom. The molecule has 0 atom stereocenters. The van der Waals surface area contributed by atoms with Gasteiger partial charge in [0.05, 0.1) is 13.2 Å². The van der Waals surface area contributed by atoms with E-state index in [2.05, 4.69) is 25.6 Å². The number of benzene rings is 1. The van der Waals surface area contributed by atoms with Gasteiger partial charge in [0.2, 0.25) is 0 Å². The predicted octanol–water partition coefficient (Wildman–Crippen LogP) is 3.32. The van der Waals surface area contributed by atoms with E-state index in [9.17, 15) is 18.3 Å². The molecule has 1 aromatic rings. The first-order valence-electron chi connectivity index (χ1n) is 6.92. The minimum atomic E-state index is -4.83. The fraction of sp³-hybridized carbons (Fsp3) is 0.571. The molecule has 1 aliphatic rings. The molecule has 0 saturated carbocycles. The number of morpholine rings is 1. The van der Waals surface area contributed by atoms with Crippen LogP contribution in [0.4, 0.5) is 13.2 Å². The maximum absolute atomic E-state index is 12.3. The van der Waals surface area contributed by atoms with Crippen LogP contribution in [0.5, 0.6) is 11.5 Å². The van der Waals surface area contributed by atoms with E-state index in [1.54, 1.807) is 6.07 Å². The minimum absolute atomic E-state index is 0.432. The van der Waals surface area contributed by atoms with Crippen molar-refractivity contribution in [2.75, 3.05) is 32.8 Å². The van der Waals surface area contributed by atoms with Crippen LogP contribution >= 0.6 is 15.9 Å². The first kappa shape index (κ1) is 17.4. The first-order valence-corrected chi connectivity index (χ1v) is 7.72. The van der Waals surface area contributed by atoms with E-state index in [4.69, 9.17) is 4.74 Å². The Hall–Kier alpha value is -0.990. The second-order valence-corrected chi connectivity index (χ2v) is 5.93. The molecule has 1 saturated heterocycles. The van der Waals surface area contributed by atoms with Crippen LogP contribution in [-0.4, -0.2) is 49.2 Å². The molecule has 8 heteroatoms. The lowest BCUT2D eigenvalue weighted by Gasteiger charge is -2.26. The number of ether oxygens (including phenoxy) is 2. The highest BCUT2D eigenvalue weighted by Crippen LogP contribution is 2.37. The van der Waals surface area contributed by atoms with E-state index < -0.39 is 17.9 Å². The second-order valence-electron chi connectivity index (χ2n) is 5.02. The summed E-state index contributed by atoms with van der Waals surface area (Å²) in [6.07, 6.45) is -3.63. The van der Waals surface area contributed by atoms with Gasteiger partial charge in [0.15, 0.2) is 11.5 Å². The van der Waals surface area contributed by atoms with Gasteiger partial charge in [0.1, 0.15) is 0 Å². The third-order valence-electron chi connectivity index (χ3n) is 3.37. The van der Waals surface area contributed by atoms with E-state index in [0.717, 1.165) is 32.1 Å². The van der Waals surface area contributed by atoms with Crippen molar-refractivity contribution in [3.8, 4) is 11.5 Å². The van der Waals surface area contributed by atoms with Gasteiger partial charge >= 0.3 is 6.36 Å². The molecule has 0 radical (unpaired) electrons. The molecule has 0 spiro atoms. The van der Waals surface area contributed by atoms with Gasteiger partial charge in [-0.1, -0.05) is 15.9 Å². The Labute approximate surface area is 134 Å². The molecule has 4 nitrogen and oxygen atoms in total. The van der Waals surface area contributed by atoms with Crippen molar-refractivity contribution >= 4 is 15.9 Å². The van der Waals surface area contributed by atoms with Gasteiger partial charge in [0, 0.05) is 17.6 Å². The average Bonchev–Trinajstić information content (AvgIpc) is 2.43. The van der Waals surface area contributed by atoms with Gasteiger partial charge in [-0.3, -0.25) is 4.90 Å². The molecule has 1 aliphatic heterocycles. The molecule has 0 unspecified atom stereocenters. The Morgan fingerprint density at radius 2 is 1.95 bits per heavy atom. The van der Waals surface area contributed by atoms with Gasteiger partial charge in [-0.05, 0) is 37.1 Å². The lowest BCUT2D eigenvalue weighted by molar-refractivity contribution is -0.275. The monoisotopic (exact) mass is 383 g/mol. The van der Waals surface area contributed by atoms with Crippen LogP contribution in [0, 0.1) is 0 Å². The number of phenols is 1. The summed E-state index contributed by atoms with van der Waals surface area (Å²) >= 11 is 3.14. The minimum Gasteiger partial charge on any atom is -0.504 e. The van der Waals surface area contributed by atoms with Gasteiger partial charge in [-0.25, -0.2) is 0 Å². The van der Waals surface area contributed by atoms with Crippen LogP contribution < -0.4 is 4.74 Å². The molecule has 1 heterocycles. The van der Waals surface area contributed by atoms with Crippen LogP contribution in [0.1, 0.15) is 12.0 Å². The molecular weight excluding hydrogens is 367 g/mol. The molecule has 124 valence electrons. The molecule has 22 heavy (non-hydrogen) atoms. The summed E-state index contributed by atoms with van der Waals surface area (Å²) < 4.78 is 46.5. The Kier molecular flexibility index (Phi) is 5.94. The van der Waals surface area contributed by atoms with Crippen molar-refractivity contribution in [3.05, 3.63) is 22.2 Å². The zero-order valence-corrected chi connectivity index (χ0v) is 13.4. The van der Waals surface area contributed by atoms with E-state index in [0.29, 0.717) is 29.7 Å². The third kappa shape index (κ3) is 5.33. The highest BCUT2D eigenvalue weighted by molar-refractivity contribution is 9.10. The van der Waals surface area contributed by atoms with E-state index in [1.165, 1.54) is 0 Å². The zero-order valence-electron chi connectivity index (χ0n) is 11.8. The van der Waals surface area contributed by atoms with Gasteiger partial charge < -0.3 is 14.6 Å². The number of hydrogen-bond donors (Lipinski definition) is 1. The molecule has 2 rings (SSSR count). The molecule has 1 N–H and O–H groups in total. The van der Waals surface area contributed by atoms with Crippen molar-refractivity contribution in [1.82, 2.24) is 4.90 Å². The van der Waals surface area contributed by atoms with Crippen molar-refractivity contribution < 1.29 is 27.8 Å². The number of aromatic hydroxyl groups is 1. The number of hydrogen-bond acceptors (Lipinski definition) is 4. The van der Waals surface area contributed by atoms with Gasteiger partial charge in [0.25, 0.3) is 0 Å². The second kappa shape index (κ2) is 7.52. The van der Waals surface area contributed by atoms with Crippen LogP contribution in [-0.2, 0) is 11.2 Å². The van der Waals surface area contributed by atoms with E-state index in [-0.39, 0.29) is 0 Å². The number of rotatable bonds is 5. The number of aryl methyl sites for hydroxylation is 1. The van der Waals surface area contributed by atoms with Gasteiger partial charge in [-0.2, -0.15) is 0 Å². The zero-order chi connectivity index (χ0) is 16.2. The van der Waals surface area contributed by atoms with Gasteiger partial charge in [-0.15, -0.1) is 13.2 Å². The van der Waals surface area contributed by atoms with Crippen LogP contribution in [0.3, 0.4) is 0 Å². The summed E-state index contributed by atoms with van der Waals surface area (Å²) in [4.78, 5) is 2.23. The molecular formula is C14H17BrF3NO3. The van der Waals surface area contributed by atoms with Crippen LogP contribution in [0.15, 0.2) is 16.6 Å². The molecule has 0 amide bonds. The van der Waals surface area contributed by atoms with Crippen LogP contribution in [0.25, 0.3) is 0 Å². The normalized spacial score (nSPS) is 16.7. The van der Waals surface area contributed by atoms with Crippen molar-refractivity contribution in [3.63, 3.8) is 0 Å². The van der Waals surface area contributed by atoms with Crippen molar-refractivity contribution in [2.45, 2.75) is 19.2 Å². The highest BCUT2D eigenvalue weighted by atomic mass is 79.9. The number of halogens is 4. The summed E-state index contributed by atoms with van der Waals surface area (Å²) in [6.45, 7) is 3.92. The molecule has 0 aliphatic carbocycles. The SMILES string of the molecule is Oc1c(CCCN2CCOCC2)cc(Br)cc1OC(F)(F)F. The summed E-state index contributed by atoms with van der Waals surface area (Å²) in [6, 6.07) is 2.71. The highest BCUT2D eigenvalue weighted by Gasteiger charge is 2.32. The first-order chi connectivity index (χ1) is 10.3. The van der Waals surface area contributed by atoms with Crippen molar-refractivity contribution in [1.29, 1.82) is 0 Å². The summed E-state index contributed by atoms with van der Waals surface area (Å²) in [7, 11) is 0. The standard InChI is InChI=1S/C14H17BrF3NO3/c15-11-8-10(2-1-3-19-4-6-21-7-5-19)13(20)12(9-11)22-14(16,17)18/h8-9,20H,1-7H2. The lowest BCUT2D eigenvalue weighted by atomic mass is 10.1. The lowest BCUT2D eigenvalue weighted by Crippen LogP contribution is -2.36. The number of phenolic OH excluding ortho intramolecular Hbond substituents is 1. The van der Waals surface area contributed by atoms with Crippen molar-refractivity contribution in [2.24, 2.45) is 0 Å². The summed E-state index contributed by atoms with van der Waals surface area (Å²) in [5.74, 6) is -1.04. The fourth-order valence-corrected chi connectivity index (χ4v) is 2.82. The quantitative estimate of drug-likeness (QED) is 0.846. The summed E-state index contributed by atoms with van der Waals surface area (Å²) in [5, 5.41) is 9.93. The molecule has 0 aromatic heterocycles. The summed E-state index contributed by atoms with van der Waals surface area (Å²) in [5.41, 5.74) is 0.432. The number of alkyl halides is 3.